The molecule has 0 radical (unpaired) electrons. The molecule has 1 aromatic heterocycles. The molecular formula is C14H25N3O2. The number of methoxy groups -OCH3 is 1. The molecule has 2 rings (SSSR count). The number of hydrogen-bond donors (Lipinski definition) is 1. The molecule has 0 unspecified atom stereocenters. The molecule has 1 N–H and O–H groups in total. The van der Waals surface area contributed by atoms with Gasteiger partial charge in [-0.3, -0.25) is 0 Å². The zero-order valence-corrected chi connectivity index (χ0v) is 12.4. The van der Waals surface area contributed by atoms with Crippen LogP contribution >= 0.6 is 0 Å². The number of rotatable bonds is 5. The van der Waals surface area contributed by atoms with Crippen molar-refractivity contribution in [3.63, 3.8) is 0 Å². The van der Waals surface area contributed by atoms with Crippen LogP contribution < -0.4 is 5.32 Å². The van der Waals surface area contributed by atoms with E-state index in [1.807, 2.05) is 0 Å². The Labute approximate surface area is 115 Å². The van der Waals surface area contributed by atoms with Crippen LogP contribution in [0.5, 0.6) is 0 Å². The largest absolute Gasteiger partial charge is 0.370 e. The van der Waals surface area contributed by atoms with Gasteiger partial charge in [0.1, 0.15) is 5.60 Å². The summed E-state index contributed by atoms with van der Waals surface area (Å²) in [6.45, 7) is 7.40. The van der Waals surface area contributed by atoms with E-state index in [0.717, 1.165) is 38.1 Å². The Kier molecular flexibility index (Phi) is 4.45. The topological polar surface area (TPSA) is 60.2 Å². The SMILES string of the molecule is COC1(c2noc(NCC(C)C)n2)CCC(C)CC1. The summed E-state index contributed by atoms with van der Waals surface area (Å²) in [5.41, 5.74) is -0.353. The zero-order valence-electron chi connectivity index (χ0n) is 12.4. The van der Waals surface area contributed by atoms with Crippen molar-refractivity contribution in [2.24, 2.45) is 11.8 Å². The van der Waals surface area contributed by atoms with Gasteiger partial charge < -0.3 is 14.6 Å². The van der Waals surface area contributed by atoms with E-state index in [0.29, 0.717) is 17.8 Å². The Morgan fingerprint density at radius 1 is 1.42 bits per heavy atom. The molecule has 0 spiro atoms. The molecule has 1 fully saturated rings. The van der Waals surface area contributed by atoms with E-state index in [2.05, 4.69) is 36.2 Å². The fraction of sp³-hybridized carbons (Fsp3) is 0.857. The minimum atomic E-state index is -0.353. The summed E-state index contributed by atoms with van der Waals surface area (Å²) < 4.78 is 11.0. The van der Waals surface area contributed by atoms with E-state index < -0.39 is 0 Å². The van der Waals surface area contributed by atoms with Crippen LogP contribution in [0, 0.1) is 11.8 Å². The van der Waals surface area contributed by atoms with Crippen LogP contribution in [0.2, 0.25) is 0 Å². The van der Waals surface area contributed by atoms with Gasteiger partial charge in [0.15, 0.2) is 0 Å². The van der Waals surface area contributed by atoms with E-state index in [1.165, 1.54) is 0 Å². The maximum absolute atomic E-state index is 5.74. The molecule has 1 aliphatic rings. The third-order valence-electron chi connectivity index (χ3n) is 3.97. The highest BCUT2D eigenvalue weighted by Crippen LogP contribution is 2.40. The lowest BCUT2D eigenvalue weighted by atomic mass is 9.79. The second kappa shape index (κ2) is 5.90. The van der Waals surface area contributed by atoms with Crippen molar-refractivity contribution in [1.82, 2.24) is 10.1 Å². The summed E-state index contributed by atoms with van der Waals surface area (Å²) in [6.07, 6.45) is 4.23. The van der Waals surface area contributed by atoms with Crippen LogP contribution in [-0.4, -0.2) is 23.8 Å². The predicted octanol–water partition coefficient (Wildman–Crippen LogP) is 3.19. The summed E-state index contributed by atoms with van der Waals surface area (Å²) in [5.74, 6) is 1.99. The third kappa shape index (κ3) is 3.26. The molecule has 1 saturated carbocycles. The normalized spacial score (nSPS) is 27.7. The van der Waals surface area contributed by atoms with Gasteiger partial charge in [0.2, 0.25) is 5.82 Å². The number of anilines is 1. The van der Waals surface area contributed by atoms with Crippen molar-refractivity contribution >= 4 is 6.01 Å². The first-order chi connectivity index (χ1) is 9.05. The summed E-state index contributed by atoms with van der Waals surface area (Å²) in [6, 6.07) is 0.499. The minimum absolute atomic E-state index is 0.353. The summed E-state index contributed by atoms with van der Waals surface area (Å²) in [4.78, 5) is 4.46. The van der Waals surface area contributed by atoms with Crippen molar-refractivity contribution in [3.05, 3.63) is 5.82 Å². The van der Waals surface area contributed by atoms with Crippen molar-refractivity contribution < 1.29 is 9.26 Å². The van der Waals surface area contributed by atoms with Gasteiger partial charge in [-0.1, -0.05) is 25.9 Å². The first-order valence-electron chi connectivity index (χ1n) is 7.19. The molecule has 5 heteroatoms. The number of ether oxygens (including phenoxy) is 1. The number of hydrogen-bond acceptors (Lipinski definition) is 5. The maximum Gasteiger partial charge on any atom is 0.321 e. The number of aromatic nitrogens is 2. The molecule has 5 nitrogen and oxygen atoms in total. The van der Waals surface area contributed by atoms with Gasteiger partial charge in [-0.05, 0) is 37.5 Å². The monoisotopic (exact) mass is 267 g/mol. The van der Waals surface area contributed by atoms with Gasteiger partial charge in [-0.2, -0.15) is 4.98 Å². The number of nitrogens with zero attached hydrogens (tertiary/aromatic N) is 2. The summed E-state index contributed by atoms with van der Waals surface area (Å²) in [5, 5.41) is 7.27. The molecule has 19 heavy (non-hydrogen) atoms. The smallest absolute Gasteiger partial charge is 0.321 e. The molecule has 0 aromatic carbocycles. The van der Waals surface area contributed by atoms with E-state index in [9.17, 15) is 0 Å². The molecule has 0 amide bonds. The van der Waals surface area contributed by atoms with Crippen molar-refractivity contribution in [2.45, 2.75) is 52.1 Å². The highest BCUT2D eigenvalue weighted by atomic mass is 16.5. The Hall–Kier alpha value is -1.10. The standard InChI is InChI=1S/C14H25N3O2/c1-10(2)9-15-13-16-12(17-19-13)14(18-4)7-5-11(3)6-8-14/h10-11H,5-9H2,1-4H3,(H,15,16,17). The Morgan fingerprint density at radius 2 is 2.11 bits per heavy atom. The van der Waals surface area contributed by atoms with Crippen molar-refractivity contribution in [2.75, 3.05) is 19.0 Å². The second-order valence-electron chi connectivity index (χ2n) is 6.08. The molecular weight excluding hydrogens is 242 g/mol. The highest BCUT2D eigenvalue weighted by molar-refractivity contribution is 5.20. The molecule has 1 heterocycles. The fourth-order valence-electron chi connectivity index (χ4n) is 2.52. The molecule has 0 aliphatic heterocycles. The van der Waals surface area contributed by atoms with Gasteiger partial charge in [0, 0.05) is 13.7 Å². The third-order valence-corrected chi connectivity index (χ3v) is 3.97. The lowest BCUT2D eigenvalue weighted by molar-refractivity contribution is -0.0609. The van der Waals surface area contributed by atoms with Crippen LogP contribution in [0.25, 0.3) is 0 Å². The van der Waals surface area contributed by atoms with Gasteiger partial charge in [-0.25, -0.2) is 0 Å². The van der Waals surface area contributed by atoms with E-state index in [4.69, 9.17) is 9.26 Å². The Bertz CT molecular complexity index is 395. The maximum atomic E-state index is 5.74. The lowest BCUT2D eigenvalue weighted by Crippen LogP contribution is -2.34. The molecule has 1 aliphatic carbocycles. The Balaban J connectivity index is 2.07. The van der Waals surface area contributed by atoms with Gasteiger partial charge in [0.25, 0.3) is 0 Å². The quantitative estimate of drug-likeness (QED) is 0.887. The van der Waals surface area contributed by atoms with Crippen LogP contribution in [0.3, 0.4) is 0 Å². The lowest BCUT2D eigenvalue weighted by Gasteiger charge is -2.35. The van der Waals surface area contributed by atoms with E-state index >= 15 is 0 Å². The molecule has 0 bridgehead atoms. The molecule has 108 valence electrons. The van der Waals surface area contributed by atoms with Gasteiger partial charge in [-0.15, -0.1) is 0 Å². The summed E-state index contributed by atoms with van der Waals surface area (Å²) >= 11 is 0. The van der Waals surface area contributed by atoms with E-state index in [-0.39, 0.29) is 5.60 Å². The highest BCUT2D eigenvalue weighted by Gasteiger charge is 2.40. The summed E-state index contributed by atoms with van der Waals surface area (Å²) in [7, 11) is 1.74. The fourth-order valence-corrected chi connectivity index (χ4v) is 2.52. The average molecular weight is 267 g/mol. The van der Waals surface area contributed by atoms with Gasteiger partial charge >= 0.3 is 6.01 Å². The predicted molar refractivity (Wildman–Crippen MR) is 73.9 cm³/mol. The van der Waals surface area contributed by atoms with Crippen molar-refractivity contribution in [1.29, 1.82) is 0 Å². The number of nitrogens with one attached hydrogen (secondary N) is 1. The molecule has 0 atom stereocenters. The molecule has 0 saturated heterocycles. The van der Waals surface area contributed by atoms with Crippen LogP contribution in [0.4, 0.5) is 6.01 Å². The first kappa shape index (κ1) is 14.3. The minimum Gasteiger partial charge on any atom is -0.370 e. The average Bonchev–Trinajstić information content (AvgIpc) is 2.87. The first-order valence-corrected chi connectivity index (χ1v) is 7.19. The van der Waals surface area contributed by atoms with E-state index in [1.54, 1.807) is 7.11 Å². The van der Waals surface area contributed by atoms with Gasteiger partial charge in [0.05, 0.1) is 0 Å². The van der Waals surface area contributed by atoms with Crippen molar-refractivity contribution in [3.8, 4) is 0 Å². The Morgan fingerprint density at radius 3 is 2.68 bits per heavy atom. The zero-order chi connectivity index (χ0) is 13.9. The second-order valence-corrected chi connectivity index (χ2v) is 6.08. The van der Waals surface area contributed by atoms with Crippen LogP contribution in [0.15, 0.2) is 4.52 Å². The van der Waals surface area contributed by atoms with Crippen LogP contribution in [0.1, 0.15) is 52.3 Å². The van der Waals surface area contributed by atoms with Crippen LogP contribution in [-0.2, 0) is 10.3 Å². The molecule has 1 aromatic rings.